The number of carbonyl (C=O) groups excluding carboxylic acids is 1. The molecule has 1 aromatic rings. The van der Waals surface area contributed by atoms with Crippen LogP contribution in [0.4, 0.5) is 26.3 Å². The number of amides is 1. The van der Waals surface area contributed by atoms with Crippen molar-refractivity contribution in [3.63, 3.8) is 0 Å². The van der Waals surface area contributed by atoms with Crippen molar-refractivity contribution >= 4 is 5.91 Å². The predicted molar refractivity (Wildman–Crippen MR) is 60.5 cm³/mol. The van der Waals surface area contributed by atoms with Crippen LogP contribution in [0.25, 0.3) is 0 Å². The van der Waals surface area contributed by atoms with Crippen LogP contribution in [0.1, 0.15) is 18.5 Å². The molecule has 0 aromatic heterocycles. The number of halogens is 6. The third-order valence-corrected chi connectivity index (χ3v) is 2.66. The largest absolute Gasteiger partial charge is 0.494 e. The molecule has 3 nitrogen and oxygen atoms in total. The molecule has 1 rings (SSSR count). The molecule has 9 heteroatoms. The molecule has 1 aromatic carbocycles. The number of alkyl halides is 5. The second kappa shape index (κ2) is 5.82. The average molecular weight is 315 g/mol. The third kappa shape index (κ3) is 3.59. The van der Waals surface area contributed by atoms with E-state index in [1.54, 1.807) is 0 Å². The van der Waals surface area contributed by atoms with Crippen LogP contribution in [-0.4, -0.2) is 25.1 Å². The molecule has 0 saturated carbocycles. The monoisotopic (exact) mass is 315 g/mol. The molecule has 0 fully saturated rings. The lowest BCUT2D eigenvalue weighted by atomic mass is 10.1. The molecule has 0 heterocycles. The molecular formula is C12H11F6NO2. The Bertz CT molecular complexity index is 529. The summed E-state index contributed by atoms with van der Waals surface area (Å²) in [6.07, 6.45) is -6.00. The first-order chi connectivity index (χ1) is 9.50. The lowest BCUT2D eigenvalue weighted by Crippen LogP contribution is -2.50. The number of hydrogen-bond donors (Lipinski definition) is 1. The zero-order valence-electron chi connectivity index (χ0n) is 10.9. The van der Waals surface area contributed by atoms with E-state index in [9.17, 15) is 31.1 Å². The molecule has 21 heavy (non-hydrogen) atoms. The normalized spacial score (nSPS) is 13.7. The zero-order valence-corrected chi connectivity index (χ0v) is 10.9. The Labute approximate surface area is 115 Å². The van der Waals surface area contributed by atoms with Gasteiger partial charge in [0, 0.05) is 0 Å². The summed E-state index contributed by atoms with van der Waals surface area (Å²) in [6.45, 7) is 1.14. The van der Waals surface area contributed by atoms with Crippen LogP contribution < -0.4 is 10.1 Å². The molecule has 0 bridgehead atoms. The molecule has 1 unspecified atom stereocenters. The first-order valence-corrected chi connectivity index (χ1v) is 5.59. The minimum atomic E-state index is -6.00. The number of ether oxygens (including phenoxy) is 1. The van der Waals surface area contributed by atoms with Gasteiger partial charge in [-0.05, 0) is 24.6 Å². The fraction of sp³-hybridized carbons (Fsp3) is 0.417. The molecule has 1 amide bonds. The van der Waals surface area contributed by atoms with Crippen molar-refractivity contribution in [1.82, 2.24) is 5.32 Å². The highest BCUT2D eigenvalue weighted by atomic mass is 19.4. The summed E-state index contributed by atoms with van der Waals surface area (Å²) in [7, 11) is 1.20. The Morgan fingerprint density at radius 2 is 1.81 bits per heavy atom. The average Bonchev–Trinajstić information content (AvgIpc) is 2.36. The molecule has 0 spiro atoms. The van der Waals surface area contributed by atoms with Gasteiger partial charge in [-0.15, -0.1) is 0 Å². The van der Waals surface area contributed by atoms with Crippen LogP contribution in [-0.2, 0) is 4.79 Å². The smallest absolute Gasteiger partial charge is 0.463 e. The van der Waals surface area contributed by atoms with Crippen molar-refractivity contribution in [3.8, 4) is 5.75 Å². The Hall–Kier alpha value is -1.93. The lowest BCUT2D eigenvalue weighted by Gasteiger charge is -2.22. The van der Waals surface area contributed by atoms with E-state index in [-0.39, 0.29) is 11.3 Å². The summed E-state index contributed by atoms with van der Waals surface area (Å²) in [4.78, 5) is 11.0. The second-order valence-electron chi connectivity index (χ2n) is 4.16. The molecule has 0 aliphatic heterocycles. The molecule has 0 aliphatic carbocycles. The Morgan fingerprint density at radius 3 is 2.24 bits per heavy atom. The van der Waals surface area contributed by atoms with Crippen molar-refractivity contribution < 1.29 is 35.9 Å². The standard InChI is InChI=1S/C12H11F6NO2/c1-6(7-3-4-9(21-2)8(13)5-7)19-10(20)11(14,15)12(16,17)18/h3-6H,1-2H3,(H,19,20). The van der Waals surface area contributed by atoms with E-state index in [0.717, 1.165) is 19.1 Å². The van der Waals surface area contributed by atoms with E-state index < -0.39 is 29.9 Å². The fourth-order valence-electron chi connectivity index (χ4n) is 1.45. The summed E-state index contributed by atoms with van der Waals surface area (Å²) in [5, 5.41) is 1.49. The lowest BCUT2D eigenvalue weighted by molar-refractivity contribution is -0.270. The number of rotatable bonds is 4. The summed E-state index contributed by atoms with van der Waals surface area (Å²) >= 11 is 0. The topological polar surface area (TPSA) is 38.3 Å². The van der Waals surface area contributed by atoms with Crippen LogP contribution in [0.2, 0.25) is 0 Å². The van der Waals surface area contributed by atoms with E-state index in [1.165, 1.54) is 18.5 Å². The van der Waals surface area contributed by atoms with Crippen LogP contribution in [0, 0.1) is 5.82 Å². The van der Waals surface area contributed by atoms with Gasteiger partial charge >= 0.3 is 18.0 Å². The van der Waals surface area contributed by atoms with Gasteiger partial charge in [-0.1, -0.05) is 6.07 Å². The third-order valence-electron chi connectivity index (χ3n) is 2.66. The molecule has 0 radical (unpaired) electrons. The van der Waals surface area contributed by atoms with Crippen molar-refractivity contribution in [3.05, 3.63) is 29.6 Å². The van der Waals surface area contributed by atoms with Crippen LogP contribution in [0.15, 0.2) is 18.2 Å². The van der Waals surface area contributed by atoms with Gasteiger partial charge < -0.3 is 10.1 Å². The summed E-state index contributed by atoms with van der Waals surface area (Å²) in [5.74, 6) is -8.98. The van der Waals surface area contributed by atoms with E-state index in [1.807, 2.05) is 0 Å². The Kier molecular flexibility index (Phi) is 4.75. The summed E-state index contributed by atoms with van der Waals surface area (Å²) in [6, 6.07) is 2.02. The number of methoxy groups -OCH3 is 1. The highest BCUT2D eigenvalue weighted by Gasteiger charge is 2.63. The van der Waals surface area contributed by atoms with Crippen LogP contribution in [0.3, 0.4) is 0 Å². The Balaban J connectivity index is 2.89. The van der Waals surface area contributed by atoms with Crippen molar-refractivity contribution in [1.29, 1.82) is 0 Å². The quantitative estimate of drug-likeness (QED) is 0.867. The van der Waals surface area contributed by atoms with E-state index >= 15 is 0 Å². The highest BCUT2D eigenvalue weighted by molar-refractivity contribution is 5.84. The van der Waals surface area contributed by atoms with Gasteiger partial charge in [-0.25, -0.2) is 4.39 Å². The first-order valence-electron chi connectivity index (χ1n) is 5.59. The zero-order chi connectivity index (χ0) is 16.4. The van der Waals surface area contributed by atoms with Gasteiger partial charge in [0.05, 0.1) is 13.2 Å². The number of carbonyl (C=O) groups is 1. The minimum Gasteiger partial charge on any atom is -0.494 e. The number of nitrogens with one attached hydrogen (secondary N) is 1. The Morgan fingerprint density at radius 1 is 1.24 bits per heavy atom. The highest BCUT2D eigenvalue weighted by Crippen LogP contribution is 2.36. The summed E-state index contributed by atoms with van der Waals surface area (Å²) < 4.78 is 79.6. The molecule has 0 saturated heterocycles. The van der Waals surface area contributed by atoms with Crippen molar-refractivity contribution in [2.45, 2.75) is 25.1 Å². The van der Waals surface area contributed by atoms with Gasteiger partial charge in [0.15, 0.2) is 11.6 Å². The van der Waals surface area contributed by atoms with E-state index in [0.29, 0.717) is 0 Å². The maximum Gasteiger partial charge on any atom is 0.463 e. The van der Waals surface area contributed by atoms with Gasteiger partial charge in [0.25, 0.3) is 0 Å². The molecule has 1 atom stereocenters. The molecular weight excluding hydrogens is 304 g/mol. The van der Waals surface area contributed by atoms with E-state index in [4.69, 9.17) is 0 Å². The maximum atomic E-state index is 13.4. The fourth-order valence-corrected chi connectivity index (χ4v) is 1.45. The SMILES string of the molecule is COc1ccc(C(C)NC(=O)C(F)(F)C(F)(F)F)cc1F. The number of benzene rings is 1. The van der Waals surface area contributed by atoms with Gasteiger partial charge in [-0.3, -0.25) is 4.79 Å². The van der Waals surface area contributed by atoms with Crippen molar-refractivity contribution in [2.24, 2.45) is 0 Å². The molecule has 1 N–H and O–H groups in total. The van der Waals surface area contributed by atoms with E-state index in [2.05, 4.69) is 4.74 Å². The van der Waals surface area contributed by atoms with Gasteiger partial charge in [0.2, 0.25) is 0 Å². The number of hydrogen-bond acceptors (Lipinski definition) is 2. The second-order valence-corrected chi connectivity index (χ2v) is 4.16. The minimum absolute atomic E-state index is 0.0135. The van der Waals surface area contributed by atoms with Gasteiger partial charge in [0.1, 0.15) is 0 Å². The van der Waals surface area contributed by atoms with Crippen LogP contribution in [0.5, 0.6) is 5.75 Å². The molecule has 118 valence electrons. The molecule has 0 aliphatic rings. The first kappa shape index (κ1) is 17.1. The van der Waals surface area contributed by atoms with Crippen molar-refractivity contribution in [2.75, 3.05) is 7.11 Å². The predicted octanol–water partition coefficient (Wildman–Crippen LogP) is 3.21. The van der Waals surface area contributed by atoms with Gasteiger partial charge in [-0.2, -0.15) is 22.0 Å². The maximum absolute atomic E-state index is 13.4. The van der Waals surface area contributed by atoms with Crippen LogP contribution >= 0.6 is 0 Å². The summed E-state index contributed by atoms with van der Waals surface area (Å²) in [5.41, 5.74) is 0.0135.